The van der Waals surface area contributed by atoms with Crippen molar-refractivity contribution in [2.24, 2.45) is 0 Å². The highest BCUT2D eigenvalue weighted by Gasteiger charge is 2.19. The minimum Gasteiger partial charge on any atom is -0.369 e. The molecule has 128 valence electrons. The largest absolute Gasteiger partial charge is 0.369 e. The number of hydrogen-bond donors (Lipinski definition) is 1. The van der Waals surface area contributed by atoms with Gasteiger partial charge in [-0.3, -0.25) is 14.9 Å². The Balaban J connectivity index is 2.12. The molecule has 6 nitrogen and oxygen atoms in total. The van der Waals surface area contributed by atoms with Gasteiger partial charge in [0.1, 0.15) is 0 Å². The summed E-state index contributed by atoms with van der Waals surface area (Å²) in [5.74, 6) is -0.333. The average Bonchev–Trinajstić information content (AvgIpc) is 2.91. The van der Waals surface area contributed by atoms with Crippen LogP contribution in [-0.2, 0) is 0 Å². The van der Waals surface area contributed by atoms with E-state index in [2.05, 4.69) is 31.0 Å². The van der Waals surface area contributed by atoms with E-state index in [1.807, 2.05) is 24.3 Å². The third-order valence-electron chi connectivity index (χ3n) is 3.73. The normalized spacial score (nSPS) is 10.7. The summed E-state index contributed by atoms with van der Waals surface area (Å²) in [5, 5.41) is 13.7. The van der Waals surface area contributed by atoms with Crippen molar-refractivity contribution in [2.75, 3.05) is 16.8 Å². The Bertz CT molecular complexity index is 738. The predicted molar refractivity (Wildman–Crippen MR) is 98.3 cm³/mol. The molecular formula is C17H21N3O3S. The molecule has 0 spiro atoms. The lowest BCUT2D eigenvalue weighted by atomic mass is 10.2. The lowest BCUT2D eigenvalue weighted by molar-refractivity contribution is -0.385. The summed E-state index contributed by atoms with van der Waals surface area (Å²) in [7, 11) is 0. The number of nitrogens with one attached hydrogen (secondary N) is 1. The number of anilines is 2. The van der Waals surface area contributed by atoms with Crippen LogP contribution in [0, 0.1) is 17.0 Å². The number of carbonyl (C=O) groups excluding carboxylic acids is 1. The van der Waals surface area contributed by atoms with Gasteiger partial charge in [-0.15, -0.1) is 11.3 Å². The number of thiophene rings is 1. The van der Waals surface area contributed by atoms with Gasteiger partial charge in [0.25, 0.3) is 11.6 Å². The van der Waals surface area contributed by atoms with E-state index < -0.39 is 4.92 Å². The molecule has 1 N–H and O–H groups in total. The van der Waals surface area contributed by atoms with Crippen molar-refractivity contribution in [3.63, 3.8) is 0 Å². The fourth-order valence-corrected chi connectivity index (χ4v) is 3.42. The standard InChI is InChI=1S/C17H21N3O3S/c1-5-19(11(2)3)14-8-6-13(7-9-14)18-17(21)16-10-15(20(22)23)12(4)24-16/h6-11H,5H2,1-4H3,(H,18,21). The van der Waals surface area contributed by atoms with Crippen LogP contribution in [0.2, 0.25) is 0 Å². The molecule has 1 aromatic carbocycles. The molecule has 0 bridgehead atoms. The summed E-state index contributed by atoms with van der Waals surface area (Å²) in [4.78, 5) is 25.8. The minimum atomic E-state index is -0.470. The van der Waals surface area contributed by atoms with Crippen molar-refractivity contribution in [3.05, 3.63) is 50.2 Å². The van der Waals surface area contributed by atoms with Crippen molar-refractivity contribution in [2.45, 2.75) is 33.7 Å². The first-order valence-corrected chi connectivity index (χ1v) is 8.58. The number of benzene rings is 1. The summed E-state index contributed by atoms with van der Waals surface area (Å²) in [6.07, 6.45) is 0. The van der Waals surface area contributed by atoms with Gasteiger partial charge in [0.05, 0.1) is 14.7 Å². The molecule has 0 saturated carbocycles. The second-order valence-corrected chi connectivity index (χ2v) is 6.95. The summed E-state index contributed by atoms with van der Waals surface area (Å²) in [6.45, 7) is 8.90. The van der Waals surface area contributed by atoms with Gasteiger partial charge in [-0.05, 0) is 52.0 Å². The van der Waals surface area contributed by atoms with Crippen LogP contribution < -0.4 is 10.2 Å². The molecule has 24 heavy (non-hydrogen) atoms. The fourth-order valence-electron chi connectivity index (χ4n) is 2.54. The third kappa shape index (κ3) is 3.91. The minimum absolute atomic E-state index is 0.0176. The quantitative estimate of drug-likeness (QED) is 0.618. The molecule has 1 aromatic heterocycles. The van der Waals surface area contributed by atoms with Crippen LogP contribution in [0.5, 0.6) is 0 Å². The first kappa shape index (κ1) is 17.9. The SMILES string of the molecule is CCN(c1ccc(NC(=O)c2cc([N+](=O)[O-])c(C)s2)cc1)C(C)C. The molecule has 0 fully saturated rings. The second kappa shape index (κ2) is 7.44. The number of nitrogens with zero attached hydrogens (tertiary/aromatic N) is 2. The number of nitro groups is 1. The Hall–Kier alpha value is -2.41. The van der Waals surface area contributed by atoms with E-state index in [9.17, 15) is 14.9 Å². The third-order valence-corrected chi connectivity index (χ3v) is 4.77. The van der Waals surface area contributed by atoms with E-state index in [-0.39, 0.29) is 11.6 Å². The van der Waals surface area contributed by atoms with Crippen LogP contribution in [0.25, 0.3) is 0 Å². The average molecular weight is 347 g/mol. The van der Waals surface area contributed by atoms with E-state index in [4.69, 9.17) is 0 Å². The van der Waals surface area contributed by atoms with Crippen molar-refractivity contribution >= 4 is 34.3 Å². The molecule has 0 aliphatic rings. The highest BCUT2D eigenvalue weighted by Crippen LogP contribution is 2.29. The number of amides is 1. The van der Waals surface area contributed by atoms with Crippen LogP contribution in [-0.4, -0.2) is 23.4 Å². The van der Waals surface area contributed by atoms with Gasteiger partial charge in [0.2, 0.25) is 0 Å². The highest BCUT2D eigenvalue weighted by atomic mass is 32.1. The number of aryl methyl sites for hydroxylation is 1. The number of hydrogen-bond acceptors (Lipinski definition) is 5. The zero-order chi connectivity index (χ0) is 17.9. The van der Waals surface area contributed by atoms with Crippen LogP contribution in [0.4, 0.5) is 17.1 Å². The van der Waals surface area contributed by atoms with Gasteiger partial charge in [-0.1, -0.05) is 0 Å². The first-order chi connectivity index (χ1) is 11.3. The summed E-state index contributed by atoms with van der Waals surface area (Å²) < 4.78 is 0. The van der Waals surface area contributed by atoms with Gasteiger partial charge in [0, 0.05) is 30.0 Å². The summed E-state index contributed by atoms with van der Waals surface area (Å²) in [5.41, 5.74) is 1.74. The molecule has 2 rings (SSSR count). The predicted octanol–water partition coefficient (Wildman–Crippen LogP) is 4.45. The molecule has 1 heterocycles. The molecule has 0 aliphatic carbocycles. The molecule has 0 aliphatic heterocycles. The topological polar surface area (TPSA) is 75.5 Å². The number of rotatable bonds is 6. The van der Waals surface area contributed by atoms with Gasteiger partial charge in [-0.25, -0.2) is 0 Å². The van der Waals surface area contributed by atoms with Crippen LogP contribution in [0.1, 0.15) is 35.3 Å². The fraction of sp³-hybridized carbons (Fsp3) is 0.353. The molecule has 0 unspecified atom stereocenters. The first-order valence-electron chi connectivity index (χ1n) is 7.76. The van der Waals surface area contributed by atoms with Crippen LogP contribution >= 0.6 is 11.3 Å². The lowest BCUT2D eigenvalue weighted by Crippen LogP contribution is -2.30. The monoisotopic (exact) mass is 347 g/mol. The second-order valence-electron chi connectivity index (χ2n) is 5.69. The molecule has 1 amide bonds. The Morgan fingerprint density at radius 1 is 1.33 bits per heavy atom. The van der Waals surface area contributed by atoms with Crippen molar-refractivity contribution in [3.8, 4) is 0 Å². The van der Waals surface area contributed by atoms with E-state index in [1.165, 1.54) is 6.07 Å². The Labute approximate surface area is 145 Å². The van der Waals surface area contributed by atoms with Gasteiger partial charge >= 0.3 is 0 Å². The molecule has 0 atom stereocenters. The molecule has 0 radical (unpaired) electrons. The van der Waals surface area contributed by atoms with Gasteiger partial charge < -0.3 is 10.2 Å². The molecule has 7 heteroatoms. The molecule has 0 saturated heterocycles. The Morgan fingerprint density at radius 2 is 1.96 bits per heavy atom. The maximum Gasteiger partial charge on any atom is 0.283 e. The maximum atomic E-state index is 12.3. The summed E-state index contributed by atoms with van der Waals surface area (Å²) in [6, 6.07) is 9.31. The van der Waals surface area contributed by atoms with Crippen LogP contribution in [0.15, 0.2) is 30.3 Å². The lowest BCUT2D eigenvalue weighted by Gasteiger charge is -2.27. The van der Waals surface area contributed by atoms with Crippen molar-refractivity contribution < 1.29 is 9.72 Å². The highest BCUT2D eigenvalue weighted by molar-refractivity contribution is 7.14. The van der Waals surface area contributed by atoms with Gasteiger partial charge in [-0.2, -0.15) is 0 Å². The zero-order valence-corrected chi connectivity index (χ0v) is 15.0. The van der Waals surface area contributed by atoms with E-state index >= 15 is 0 Å². The molecular weight excluding hydrogens is 326 g/mol. The Morgan fingerprint density at radius 3 is 2.42 bits per heavy atom. The zero-order valence-electron chi connectivity index (χ0n) is 14.2. The summed E-state index contributed by atoms with van der Waals surface area (Å²) >= 11 is 1.12. The van der Waals surface area contributed by atoms with Crippen molar-refractivity contribution in [1.82, 2.24) is 0 Å². The Kier molecular flexibility index (Phi) is 5.56. The maximum absolute atomic E-state index is 12.3. The molecule has 2 aromatic rings. The smallest absolute Gasteiger partial charge is 0.283 e. The van der Waals surface area contributed by atoms with E-state index in [1.54, 1.807) is 6.92 Å². The van der Waals surface area contributed by atoms with E-state index in [0.717, 1.165) is 23.6 Å². The van der Waals surface area contributed by atoms with Gasteiger partial charge in [0.15, 0.2) is 0 Å². The van der Waals surface area contributed by atoms with Crippen molar-refractivity contribution in [1.29, 1.82) is 0 Å². The van der Waals surface area contributed by atoms with Crippen LogP contribution in [0.3, 0.4) is 0 Å². The number of carbonyl (C=O) groups is 1. The van der Waals surface area contributed by atoms with E-state index in [0.29, 0.717) is 21.5 Å².